The number of anilines is 1. The van der Waals surface area contributed by atoms with Gasteiger partial charge in [-0.3, -0.25) is 9.78 Å². The maximum Gasteiger partial charge on any atom is 0.332 e. The van der Waals surface area contributed by atoms with Crippen LogP contribution in [0.15, 0.2) is 54.9 Å². The Bertz CT molecular complexity index is 1510. The highest BCUT2D eigenvalue weighted by Crippen LogP contribution is 2.48. The number of carbonyl (C=O) groups excluding carboxylic acids is 2. The van der Waals surface area contributed by atoms with Gasteiger partial charge in [-0.2, -0.15) is 5.26 Å². The van der Waals surface area contributed by atoms with Crippen molar-refractivity contribution in [2.24, 2.45) is 5.41 Å². The number of imide groups is 1. The fourth-order valence-corrected chi connectivity index (χ4v) is 6.24. The molecule has 0 radical (unpaired) electrons. The average molecular weight is 537 g/mol. The van der Waals surface area contributed by atoms with E-state index in [1.54, 1.807) is 31.0 Å². The maximum atomic E-state index is 14.2. The van der Waals surface area contributed by atoms with Crippen molar-refractivity contribution in [2.75, 3.05) is 18.6 Å². The molecule has 2 aliphatic rings. The molecule has 2 aliphatic heterocycles. The number of benzene rings is 2. The number of carbonyl (C=O) groups is 2. The third kappa shape index (κ3) is 4.30. The molecule has 1 fully saturated rings. The number of pyridine rings is 1. The number of nitriles is 1. The van der Waals surface area contributed by atoms with Gasteiger partial charge >= 0.3 is 6.03 Å². The van der Waals surface area contributed by atoms with E-state index in [0.29, 0.717) is 21.5 Å². The molecular formula is C27H22ClFN4O3S. The van der Waals surface area contributed by atoms with E-state index in [0.717, 1.165) is 16.4 Å². The standard InChI is InChI=1S/C27H22ClFN4O3S/c1-27(2,13-30)14-32-20-10-23(17-8-22(36-3)19(29)9-18(17)28)37-24(20)25(34)33(26(32)35)21-12-31-11-15-6-4-5-7-16(15)21/h4-12,20,24H,14H2,1-3H3. The maximum absolute atomic E-state index is 14.2. The lowest BCUT2D eigenvalue weighted by atomic mass is 9.93. The number of thioether (sulfide) groups is 1. The van der Waals surface area contributed by atoms with E-state index in [-0.39, 0.29) is 17.3 Å². The van der Waals surface area contributed by atoms with Gasteiger partial charge < -0.3 is 9.64 Å². The molecule has 0 bridgehead atoms. The summed E-state index contributed by atoms with van der Waals surface area (Å²) in [6.07, 6.45) is 4.96. The number of nitrogens with zero attached hydrogens (tertiary/aromatic N) is 4. The minimum atomic E-state index is -0.874. The first-order valence-corrected chi connectivity index (χ1v) is 12.7. The first-order valence-electron chi connectivity index (χ1n) is 11.5. The zero-order valence-electron chi connectivity index (χ0n) is 20.2. The molecule has 7 nitrogen and oxygen atoms in total. The summed E-state index contributed by atoms with van der Waals surface area (Å²) in [5.74, 6) is -0.986. The fraction of sp³-hybridized carbons (Fsp3) is 0.259. The Morgan fingerprint density at radius 3 is 2.73 bits per heavy atom. The number of ether oxygens (including phenoxy) is 1. The van der Waals surface area contributed by atoms with Crippen LogP contribution >= 0.6 is 23.4 Å². The number of aromatic nitrogens is 1. The predicted molar refractivity (Wildman–Crippen MR) is 142 cm³/mol. The lowest BCUT2D eigenvalue weighted by Gasteiger charge is -2.43. The van der Waals surface area contributed by atoms with Gasteiger partial charge in [-0.1, -0.05) is 35.9 Å². The van der Waals surface area contributed by atoms with Gasteiger partial charge in [-0.05, 0) is 32.1 Å². The van der Waals surface area contributed by atoms with Crippen LogP contribution in [0.25, 0.3) is 15.7 Å². The normalized spacial score (nSPS) is 19.6. The molecule has 5 rings (SSSR count). The van der Waals surface area contributed by atoms with E-state index in [9.17, 15) is 19.2 Å². The number of methoxy groups -OCH3 is 1. The Morgan fingerprint density at radius 1 is 1.24 bits per heavy atom. The highest BCUT2D eigenvalue weighted by atomic mass is 35.5. The fourth-order valence-electron chi connectivity index (χ4n) is 4.58. The number of halogens is 2. The molecule has 1 saturated heterocycles. The summed E-state index contributed by atoms with van der Waals surface area (Å²) in [5, 5.41) is 10.7. The van der Waals surface area contributed by atoms with Crippen LogP contribution in [0, 0.1) is 22.6 Å². The summed E-state index contributed by atoms with van der Waals surface area (Å²) in [6.45, 7) is 3.57. The second-order valence-electron chi connectivity index (χ2n) is 9.49. The summed E-state index contributed by atoms with van der Waals surface area (Å²) in [7, 11) is 1.36. The number of fused-ring (bicyclic) bond motifs is 2. The lowest BCUT2D eigenvalue weighted by molar-refractivity contribution is -0.119. The van der Waals surface area contributed by atoms with Crippen molar-refractivity contribution in [3.63, 3.8) is 0 Å². The first-order chi connectivity index (χ1) is 17.6. The number of hydrogen-bond acceptors (Lipinski definition) is 6. The van der Waals surface area contributed by atoms with Crippen molar-refractivity contribution in [2.45, 2.75) is 25.1 Å². The summed E-state index contributed by atoms with van der Waals surface area (Å²) in [6, 6.07) is 11.1. The molecule has 2 atom stereocenters. The zero-order valence-corrected chi connectivity index (χ0v) is 21.8. The molecule has 3 heterocycles. The third-order valence-corrected chi connectivity index (χ3v) is 8.07. The predicted octanol–water partition coefficient (Wildman–Crippen LogP) is 5.88. The molecular weight excluding hydrogens is 515 g/mol. The van der Waals surface area contributed by atoms with Crippen LogP contribution in [0.2, 0.25) is 5.02 Å². The molecule has 2 unspecified atom stereocenters. The van der Waals surface area contributed by atoms with E-state index in [1.807, 2.05) is 24.3 Å². The van der Waals surface area contributed by atoms with Gasteiger partial charge in [-0.15, -0.1) is 11.8 Å². The molecule has 10 heteroatoms. The quantitative estimate of drug-likeness (QED) is 0.405. The van der Waals surface area contributed by atoms with Crippen LogP contribution in [-0.4, -0.2) is 46.8 Å². The van der Waals surface area contributed by atoms with Crippen molar-refractivity contribution < 1.29 is 18.7 Å². The number of rotatable bonds is 5. The molecule has 37 heavy (non-hydrogen) atoms. The molecule has 0 saturated carbocycles. The second kappa shape index (κ2) is 9.36. The van der Waals surface area contributed by atoms with Gasteiger partial charge in [-0.25, -0.2) is 14.1 Å². The molecule has 3 aromatic rings. The Labute approximate surface area is 222 Å². The van der Waals surface area contributed by atoms with Crippen LogP contribution in [0.3, 0.4) is 0 Å². The van der Waals surface area contributed by atoms with Crippen LogP contribution in [0.5, 0.6) is 5.75 Å². The summed E-state index contributed by atoms with van der Waals surface area (Å²) < 4.78 is 19.3. The zero-order chi connectivity index (χ0) is 26.5. The number of urea groups is 1. The van der Waals surface area contributed by atoms with Crippen molar-refractivity contribution in [3.05, 3.63) is 71.3 Å². The van der Waals surface area contributed by atoms with E-state index in [1.165, 1.54) is 31.1 Å². The van der Waals surface area contributed by atoms with Crippen LogP contribution in [0.1, 0.15) is 19.4 Å². The van der Waals surface area contributed by atoms with Crippen molar-refractivity contribution in [1.29, 1.82) is 5.26 Å². The molecule has 0 N–H and O–H groups in total. The van der Waals surface area contributed by atoms with Crippen LogP contribution in [0.4, 0.5) is 14.9 Å². The van der Waals surface area contributed by atoms with Gasteiger partial charge in [0.2, 0.25) is 0 Å². The van der Waals surface area contributed by atoms with Gasteiger partial charge in [0.25, 0.3) is 5.91 Å². The van der Waals surface area contributed by atoms with E-state index < -0.39 is 34.5 Å². The minimum Gasteiger partial charge on any atom is -0.494 e. The topological polar surface area (TPSA) is 86.5 Å². The molecule has 2 aromatic carbocycles. The monoisotopic (exact) mass is 536 g/mol. The Hall–Kier alpha value is -3.61. The molecule has 0 spiro atoms. The number of amides is 3. The van der Waals surface area contributed by atoms with Gasteiger partial charge in [0.1, 0.15) is 5.25 Å². The number of hydrogen-bond donors (Lipinski definition) is 0. The Balaban J connectivity index is 1.62. The third-order valence-electron chi connectivity index (χ3n) is 6.41. The molecule has 1 aromatic heterocycles. The first kappa shape index (κ1) is 25.1. The van der Waals surface area contributed by atoms with Crippen LogP contribution < -0.4 is 9.64 Å². The van der Waals surface area contributed by atoms with Crippen molar-refractivity contribution in [1.82, 2.24) is 9.88 Å². The summed E-state index contributed by atoms with van der Waals surface area (Å²) >= 11 is 7.63. The lowest BCUT2D eigenvalue weighted by Crippen LogP contribution is -2.63. The highest BCUT2D eigenvalue weighted by Gasteiger charge is 2.51. The second-order valence-corrected chi connectivity index (χ2v) is 11.1. The van der Waals surface area contributed by atoms with E-state index in [2.05, 4.69) is 11.1 Å². The molecule has 0 aliphatic carbocycles. The highest BCUT2D eigenvalue weighted by molar-refractivity contribution is 8.09. The van der Waals surface area contributed by atoms with Crippen molar-refractivity contribution in [3.8, 4) is 11.8 Å². The molecule has 3 amide bonds. The summed E-state index contributed by atoms with van der Waals surface area (Å²) in [4.78, 5) is 35.4. The minimum absolute atomic E-state index is 0.0177. The Morgan fingerprint density at radius 2 is 2.00 bits per heavy atom. The Kier molecular flexibility index (Phi) is 6.34. The van der Waals surface area contributed by atoms with E-state index >= 15 is 0 Å². The average Bonchev–Trinajstić information content (AvgIpc) is 3.32. The summed E-state index contributed by atoms with van der Waals surface area (Å²) in [5.41, 5.74) is 0.000601. The largest absolute Gasteiger partial charge is 0.494 e. The van der Waals surface area contributed by atoms with Crippen molar-refractivity contribution >= 4 is 56.7 Å². The van der Waals surface area contributed by atoms with Crippen LogP contribution in [-0.2, 0) is 4.79 Å². The smallest absolute Gasteiger partial charge is 0.332 e. The molecule has 188 valence electrons. The van der Waals surface area contributed by atoms with Gasteiger partial charge in [0.15, 0.2) is 11.6 Å². The van der Waals surface area contributed by atoms with E-state index in [4.69, 9.17) is 16.3 Å². The SMILES string of the molecule is COc1cc(C2=CC3C(S2)C(=O)N(c2cncc4ccccc24)C(=O)N3CC(C)(C)C#N)c(Cl)cc1F. The van der Waals surface area contributed by atoms with Gasteiger partial charge in [0, 0.05) is 34.0 Å². The van der Waals surface area contributed by atoms with Gasteiger partial charge in [0.05, 0.1) is 41.5 Å².